The number of halogens is 1. The van der Waals surface area contributed by atoms with E-state index in [1.165, 1.54) is 17.3 Å². The van der Waals surface area contributed by atoms with Crippen molar-refractivity contribution in [1.82, 2.24) is 14.9 Å². The van der Waals surface area contributed by atoms with Gasteiger partial charge in [0, 0.05) is 0 Å². The van der Waals surface area contributed by atoms with Crippen LogP contribution in [0.25, 0.3) is 0 Å². The molecule has 0 saturated carbocycles. The molecule has 7 nitrogen and oxygen atoms in total. The van der Waals surface area contributed by atoms with Crippen molar-refractivity contribution in [2.24, 2.45) is 5.10 Å². The minimum absolute atomic E-state index is 0.336. The van der Waals surface area contributed by atoms with E-state index in [0.717, 1.165) is 11.3 Å². The average Bonchev–Trinajstić information content (AvgIpc) is 3.20. The smallest absolute Gasteiger partial charge is 0.179 e. The fourth-order valence-electron chi connectivity index (χ4n) is 2.27. The number of para-hydroxylation sites is 1. The highest BCUT2D eigenvalue weighted by Gasteiger charge is 2.12. The Bertz CT molecular complexity index is 870. The van der Waals surface area contributed by atoms with Crippen LogP contribution < -0.4 is 14.2 Å². The van der Waals surface area contributed by atoms with Gasteiger partial charge in [0.05, 0.1) is 17.8 Å². The molecule has 0 N–H and O–H groups in total. The van der Waals surface area contributed by atoms with Crippen molar-refractivity contribution in [1.29, 1.82) is 0 Å². The highest BCUT2D eigenvalue weighted by molar-refractivity contribution is 6.32. The first-order valence-electron chi connectivity index (χ1n) is 8.42. The van der Waals surface area contributed by atoms with Crippen LogP contribution >= 0.6 is 11.6 Å². The highest BCUT2D eigenvalue weighted by Crippen LogP contribution is 2.36. The van der Waals surface area contributed by atoms with Gasteiger partial charge in [-0.1, -0.05) is 29.8 Å². The van der Waals surface area contributed by atoms with E-state index in [1.54, 1.807) is 12.3 Å². The Morgan fingerprint density at radius 3 is 2.52 bits per heavy atom. The molecule has 140 valence electrons. The lowest BCUT2D eigenvalue weighted by molar-refractivity contribution is 0.208. The molecule has 0 unspecified atom stereocenters. The Hall–Kier alpha value is -3.06. The molecule has 0 aliphatic carbocycles. The van der Waals surface area contributed by atoms with Crippen molar-refractivity contribution in [2.45, 2.75) is 6.92 Å². The van der Waals surface area contributed by atoms with Crippen LogP contribution in [0.2, 0.25) is 5.02 Å². The number of hydrogen-bond acceptors (Lipinski definition) is 6. The Kier molecular flexibility index (Phi) is 6.65. The van der Waals surface area contributed by atoms with E-state index in [1.807, 2.05) is 43.3 Å². The minimum atomic E-state index is 0.336. The maximum atomic E-state index is 6.39. The van der Waals surface area contributed by atoms with Gasteiger partial charge in [-0.2, -0.15) is 5.10 Å². The molecule has 0 bridgehead atoms. The van der Waals surface area contributed by atoms with Crippen LogP contribution in [-0.4, -0.2) is 40.9 Å². The van der Waals surface area contributed by atoms with E-state index < -0.39 is 0 Å². The van der Waals surface area contributed by atoms with E-state index in [2.05, 4.69) is 15.3 Å². The fourth-order valence-corrected chi connectivity index (χ4v) is 2.55. The second kappa shape index (κ2) is 9.59. The second-order valence-electron chi connectivity index (χ2n) is 5.36. The lowest BCUT2D eigenvalue weighted by Gasteiger charge is -2.14. The minimum Gasteiger partial charge on any atom is -0.490 e. The zero-order chi connectivity index (χ0) is 18.9. The molecule has 3 rings (SSSR count). The Balaban J connectivity index is 1.66. The molecule has 0 fully saturated rings. The van der Waals surface area contributed by atoms with Gasteiger partial charge < -0.3 is 14.2 Å². The van der Waals surface area contributed by atoms with Crippen LogP contribution in [0.3, 0.4) is 0 Å². The van der Waals surface area contributed by atoms with Gasteiger partial charge in [-0.15, -0.1) is 10.2 Å². The van der Waals surface area contributed by atoms with Crippen molar-refractivity contribution in [2.75, 3.05) is 19.8 Å². The summed E-state index contributed by atoms with van der Waals surface area (Å²) >= 11 is 6.39. The van der Waals surface area contributed by atoms with Gasteiger partial charge in [0.25, 0.3) is 0 Å². The predicted octanol–water partition coefficient (Wildman–Crippen LogP) is 3.67. The number of rotatable bonds is 9. The van der Waals surface area contributed by atoms with Gasteiger partial charge in [-0.25, -0.2) is 4.68 Å². The average molecular weight is 387 g/mol. The van der Waals surface area contributed by atoms with Crippen molar-refractivity contribution >= 4 is 17.8 Å². The van der Waals surface area contributed by atoms with E-state index in [4.69, 9.17) is 25.8 Å². The van der Waals surface area contributed by atoms with Gasteiger partial charge >= 0.3 is 0 Å². The molecule has 0 radical (unpaired) electrons. The first-order valence-corrected chi connectivity index (χ1v) is 8.80. The Morgan fingerprint density at radius 2 is 1.78 bits per heavy atom. The molecule has 1 heterocycles. The topological polar surface area (TPSA) is 70.8 Å². The van der Waals surface area contributed by atoms with Crippen molar-refractivity contribution < 1.29 is 14.2 Å². The monoisotopic (exact) mass is 386 g/mol. The number of aromatic nitrogens is 3. The Labute approximate surface area is 162 Å². The molecule has 3 aromatic rings. The molecule has 0 saturated heterocycles. The van der Waals surface area contributed by atoms with Crippen LogP contribution in [0.4, 0.5) is 0 Å². The maximum Gasteiger partial charge on any atom is 0.179 e. The van der Waals surface area contributed by atoms with Crippen molar-refractivity contribution in [3.63, 3.8) is 0 Å². The maximum absolute atomic E-state index is 6.39. The van der Waals surface area contributed by atoms with E-state index >= 15 is 0 Å². The summed E-state index contributed by atoms with van der Waals surface area (Å²) in [5, 5.41) is 12.0. The lowest BCUT2D eigenvalue weighted by Crippen LogP contribution is -2.10. The number of hydrogen-bond donors (Lipinski definition) is 0. The summed E-state index contributed by atoms with van der Waals surface area (Å²) in [5.74, 6) is 1.82. The molecule has 27 heavy (non-hydrogen) atoms. The molecule has 1 aromatic heterocycles. The summed E-state index contributed by atoms with van der Waals surface area (Å²) in [6.07, 6.45) is 4.62. The molecule has 2 aromatic carbocycles. The Morgan fingerprint density at radius 1 is 1.04 bits per heavy atom. The first-order chi connectivity index (χ1) is 13.3. The molecule has 8 heteroatoms. The number of nitrogens with zero attached hydrogens (tertiary/aromatic N) is 4. The molecule has 0 atom stereocenters. The van der Waals surface area contributed by atoms with Gasteiger partial charge in [0.1, 0.15) is 31.6 Å². The molecule has 0 amide bonds. The zero-order valence-corrected chi connectivity index (χ0v) is 15.5. The van der Waals surface area contributed by atoms with Crippen molar-refractivity contribution in [3.8, 4) is 17.2 Å². The van der Waals surface area contributed by atoms with Crippen LogP contribution in [0.15, 0.2) is 60.2 Å². The van der Waals surface area contributed by atoms with Crippen LogP contribution in [0.5, 0.6) is 17.2 Å². The van der Waals surface area contributed by atoms with Crippen LogP contribution in [0.1, 0.15) is 12.5 Å². The summed E-state index contributed by atoms with van der Waals surface area (Å²) in [5.41, 5.74) is 0.769. The van der Waals surface area contributed by atoms with E-state index in [-0.39, 0.29) is 0 Å². The third kappa shape index (κ3) is 5.46. The molecule has 0 spiro atoms. The summed E-state index contributed by atoms with van der Waals surface area (Å²) in [6.45, 7) is 3.11. The summed E-state index contributed by atoms with van der Waals surface area (Å²) in [6, 6.07) is 13.1. The lowest BCUT2D eigenvalue weighted by atomic mass is 10.2. The summed E-state index contributed by atoms with van der Waals surface area (Å²) < 4.78 is 18.6. The van der Waals surface area contributed by atoms with Gasteiger partial charge in [0.2, 0.25) is 0 Å². The van der Waals surface area contributed by atoms with E-state index in [9.17, 15) is 0 Å². The third-order valence-corrected chi connectivity index (χ3v) is 3.70. The number of ether oxygens (including phenoxy) is 3. The normalized spacial score (nSPS) is 10.9. The number of benzene rings is 2. The van der Waals surface area contributed by atoms with Gasteiger partial charge in [0.15, 0.2) is 11.5 Å². The SMILES string of the molecule is CCOc1cc(/C=N/n2cnnc2)cc(Cl)c1OCCOc1ccccc1. The van der Waals surface area contributed by atoms with E-state index in [0.29, 0.717) is 36.3 Å². The van der Waals surface area contributed by atoms with Crippen LogP contribution in [0, 0.1) is 0 Å². The molecule has 0 aliphatic rings. The van der Waals surface area contributed by atoms with Gasteiger partial charge in [-0.05, 0) is 36.8 Å². The van der Waals surface area contributed by atoms with Gasteiger partial charge in [-0.3, -0.25) is 0 Å². The third-order valence-electron chi connectivity index (χ3n) is 3.42. The molecular formula is C19H19ClN4O3. The van der Waals surface area contributed by atoms with Crippen molar-refractivity contribution in [3.05, 3.63) is 65.7 Å². The highest BCUT2D eigenvalue weighted by atomic mass is 35.5. The first kappa shape index (κ1) is 18.7. The second-order valence-corrected chi connectivity index (χ2v) is 5.77. The molecule has 0 aliphatic heterocycles. The van der Waals surface area contributed by atoms with Crippen LogP contribution in [-0.2, 0) is 0 Å². The summed E-state index contributed by atoms with van der Waals surface area (Å²) in [4.78, 5) is 0. The standard InChI is InChI=1S/C19H19ClN4O3/c1-2-25-18-11-15(12-23-24-13-21-22-14-24)10-17(20)19(18)27-9-8-26-16-6-4-3-5-7-16/h3-7,10-14H,2,8-9H2,1H3/b23-12+. The fraction of sp³-hybridized carbons (Fsp3) is 0.211. The quantitative estimate of drug-likeness (QED) is 0.414. The summed E-state index contributed by atoms with van der Waals surface area (Å²) in [7, 11) is 0. The predicted molar refractivity (Wildman–Crippen MR) is 103 cm³/mol. The molecular weight excluding hydrogens is 368 g/mol. The largest absolute Gasteiger partial charge is 0.490 e. The zero-order valence-electron chi connectivity index (χ0n) is 14.8.